The van der Waals surface area contributed by atoms with Crippen molar-refractivity contribution in [3.63, 3.8) is 0 Å². The Morgan fingerprint density at radius 2 is 1.62 bits per heavy atom. The predicted octanol–water partition coefficient (Wildman–Crippen LogP) is 1.39. The van der Waals surface area contributed by atoms with E-state index in [0.717, 1.165) is 0 Å². The Hall–Kier alpha value is -3.59. The monoisotopic (exact) mass is 586 g/mol. The maximum atomic E-state index is 13.3. The first-order chi connectivity index (χ1) is 20.3. The molecular weight excluding hydrogens is 556 g/mol. The molecule has 8 atom stereocenters. The van der Waals surface area contributed by atoms with Crippen LogP contribution < -0.4 is 18.9 Å². The molecule has 0 amide bonds. The van der Waals surface area contributed by atoms with Gasteiger partial charge in [0.2, 0.25) is 12.5 Å². The van der Waals surface area contributed by atoms with Crippen LogP contribution in [0.3, 0.4) is 0 Å². The zero-order valence-electron chi connectivity index (χ0n) is 23.0. The molecule has 42 heavy (non-hydrogen) atoms. The van der Waals surface area contributed by atoms with Crippen molar-refractivity contribution in [3.05, 3.63) is 46.5 Å². The van der Waals surface area contributed by atoms with E-state index in [1.54, 1.807) is 31.2 Å². The number of phenols is 1. The van der Waals surface area contributed by atoms with Gasteiger partial charge in [-0.05, 0) is 47.9 Å². The second-order valence-corrected chi connectivity index (χ2v) is 10.6. The fraction of sp³-hybridized carbons (Fsp3) is 0.483. The lowest BCUT2D eigenvalue weighted by Crippen LogP contribution is -2.63. The molecule has 0 unspecified atom stereocenters. The lowest BCUT2D eigenvalue weighted by molar-refractivity contribution is -0.363. The van der Waals surface area contributed by atoms with E-state index in [-0.39, 0.29) is 37.3 Å². The Balaban J connectivity index is 1.34. The van der Waals surface area contributed by atoms with E-state index in [0.29, 0.717) is 39.3 Å². The van der Waals surface area contributed by atoms with E-state index in [4.69, 9.17) is 42.6 Å². The number of hydrogen-bond acceptors (Lipinski definition) is 13. The Morgan fingerprint density at radius 1 is 0.905 bits per heavy atom. The summed E-state index contributed by atoms with van der Waals surface area (Å²) in [6.07, 6.45) is -6.93. The van der Waals surface area contributed by atoms with E-state index < -0.39 is 55.0 Å². The van der Waals surface area contributed by atoms with Crippen LogP contribution in [0.1, 0.15) is 29.7 Å². The van der Waals surface area contributed by atoms with Gasteiger partial charge in [0.05, 0.1) is 38.4 Å². The molecule has 0 spiro atoms. The van der Waals surface area contributed by atoms with Crippen molar-refractivity contribution in [2.45, 2.75) is 50.0 Å². The predicted molar refractivity (Wildman–Crippen MR) is 139 cm³/mol. The molecule has 3 fully saturated rings. The Morgan fingerprint density at radius 3 is 2.33 bits per heavy atom. The zero-order valence-corrected chi connectivity index (χ0v) is 23.0. The topological polar surface area (TPSA) is 161 Å². The van der Waals surface area contributed by atoms with Crippen LogP contribution in [0.25, 0.3) is 5.57 Å². The molecule has 1 aliphatic carbocycles. The minimum atomic E-state index is -1.45. The lowest BCUT2D eigenvalue weighted by atomic mass is 9.75. The van der Waals surface area contributed by atoms with Crippen molar-refractivity contribution in [1.29, 1.82) is 0 Å². The number of carbonyl (C=O) groups excluding carboxylic acids is 1. The van der Waals surface area contributed by atoms with Gasteiger partial charge in [-0.1, -0.05) is 0 Å². The van der Waals surface area contributed by atoms with E-state index in [2.05, 4.69) is 0 Å². The summed E-state index contributed by atoms with van der Waals surface area (Å²) in [7, 11) is 2.83. The standard InChI is InChI=1S/C29H30O13/c1-11-36-9-20-27(40-11)24(31)25(32)29(41-20)42-26-14-7-17-16(38-10-39-17)6-13(14)21(22-15(26)8-37-28(22)33)12-4-18(34-2)23(30)19(5-12)35-3/h4-7,11,15,20,24-27,29-32H,8-10H2,1-3H3/t11-,15+,20-,24-,25-,26-,27-,29+/m1/s1. The van der Waals surface area contributed by atoms with Crippen molar-refractivity contribution in [1.82, 2.24) is 0 Å². The minimum absolute atomic E-state index is 0.0102. The molecule has 2 aromatic carbocycles. The van der Waals surface area contributed by atoms with Crippen molar-refractivity contribution in [2.75, 3.05) is 34.2 Å². The number of carbonyl (C=O) groups is 1. The van der Waals surface area contributed by atoms with Crippen LogP contribution in [0.5, 0.6) is 28.7 Å². The van der Waals surface area contributed by atoms with Gasteiger partial charge in [-0.2, -0.15) is 0 Å². The highest BCUT2D eigenvalue weighted by Gasteiger charge is 2.52. The van der Waals surface area contributed by atoms with Gasteiger partial charge >= 0.3 is 5.97 Å². The molecule has 3 saturated heterocycles. The van der Waals surface area contributed by atoms with Crippen molar-refractivity contribution in [3.8, 4) is 28.7 Å². The first-order valence-corrected chi connectivity index (χ1v) is 13.5. The molecular formula is C29H30O13. The van der Waals surface area contributed by atoms with Gasteiger partial charge in [0.25, 0.3) is 0 Å². The third-order valence-corrected chi connectivity index (χ3v) is 8.27. The molecule has 0 saturated carbocycles. The maximum absolute atomic E-state index is 13.3. The number of ether oxygens (including phenoxy) is 9. The average molecular weight is 587 g/mol. The number of hydrogen-bond donors (Lipinski definition) is 3. The first kappa shape index (κ1) is 27.3. The highest BCUT2D eigenvalue weighted by atomic mass is 16.8. The molecule has 4 aliphatic heterocycles. The van der Waals surface area contributed by atoms with Gasteiger partial charge in [0.15, 0.2) is 35.6 Å². The number of aliphatic hydroxyl groups is 2. The van der Waals surface area contributed by atoms with E-state index in [1.807, 2.05) is 0 Å². The van der Waals surface area contributed by atoms with Gasteiger partial charge in [-0.15, -0.1) is 0 Å². The smallest absolute Gasteiger partial charge is 0.335 e. The molecule has 13 heteroatoms. The summed E-state index contributed by atoms with van der Waals surface area (Å²) < 4.78 is 51.3. The SMILES string of the molecule is COc1cc(C2=C3C(=O)OC[C@@H]3[C@H](O[C@@H]3O[C@@H]4CO[C@@H](C)O[C@H]4[C@H](O)[C@H]3O)c3cc4c(cc32)OCO4)cc(OC)c1O. The van der Waals surface area contributed by atoms with E-state index in [1.165, 1.54) is 14.2 Å². The third-order valence-electron chi connectivity index (χ3n) is 8.27. The zero-order chi connectivity index (χ0) is 29.3. The molecule has 5 aliphatic rings. The van der Waals surface area contributed by atoms with Crippen molar-refractivity contribution in [2.24, 2.45) is 5.92 Å². The Kier molecular flexibility index (Phi) is 6.68. The number of phenolic OH excluding ortho intramolecular Hbond substituents is 1. The van der Waals surface area contributed by atoms with Gasteiger partial charge in [-0.25, -0.2) is 4.79 Å². The van der Waals surface area contributed by atoms with Gasteiger partial charge in [0.1, 0.15) is 31.0 Å². The Bertz CT molecular complexity index is 1430. The quantitative estimate of drug-likeness (QED) is 0.432. The van der Waals surface area contributed by atoms with Gasteiger partial charge in [-0.3, -0.25) is 0 Å². The maximum Gasteiger partial charge on any atom is 0.335 e. The van der Waals surface area contributed by atoms with Crippen LogP contribution in [0, 0.1) is 5.92 Å². The van der Waals surface area contributed by atoms with Crippen LogP contribution in [-0.4, -0.2) is 92.5 Å². The molecule has 3 N–H and O–H groups in total. The van der Waals surface area contributed by atoms with Crippen LogP contribution in [0.15, 0.2) is 29.8 Å². The normalized spacial score (nSPS) is 33.0. The number of esters is 1. The third kappa shape index (κ3) is 4.19. The highest BCUT2D eigenvalue weighted by molar-refractivity contribution is 6.06. The van der Waals surface area contributed by atoms with E-state index >= 15 is 0 Å². The Labute approximate surface area is 240 Å². The number of methoxy groups -OCH3 is 2. The molecule has 0 aromatic heterocycles. The number of rotatable bonds is 5. The van der Waals surface area contributed by atoms with Gasteiger partial charge < -0.3 is 58.0 Å². The summed E-state index contributed by atoms with van der Waals surface area (Å²) in [6, 6.07) is 6.72. The second-order valence-electron chi connectivity index (χ2n) is 10.6. The first-order valence-electron chi connectivity index (χ1n) is 13.5. The summed E-state index contributed by atoms with van der Waals surface area (Å²) in [6.45, 7) is 1.84. The number of cyclic esters (lactones) is 1. The highest BCUT2D eigenvalue weighted by Crippen LogP contribution is 2.54. The number of benzene rings is 2. The number of fused-ring (bicyclic) bond motifs is 4. The number of aromatic hydroxyl groups is 1. The summed E-state index contributed by atoms with van der Waals surface area (Å²) in [5.41, 5.74) is 2.55. The fourth-order valence-corrected chi connectivity index (χ4v) is 6.25. The fourth-order valence-electron chi connectivity index (χ4n) is 6.25. The van der Waals surface area contributed by atoms with Crippen LogP contribution in [0.2, 0.25) is 0 Å². The molecule has 0 radical (unpaired) electrons. The number of aliphatic hydroxyl groups excluding tert-OH is 2. The van der Waals surface area contributed by atoms with Gasteiger partial charge in [0, 0.05) is 5.57 Å². The van der Waals surface area contributed by atoms with Crippen molar-refractivity contribution >= 4 is 11.5 Å². The molecule has 224 valence electrons. The summed E-state index contributed by atoms with van der Waals surface area (Å²) in [4.78, 5) is 13.3. The average Bonchev–Trinajstić information content (AvgIpc) is 3.61. The summed E-state index contributed by atoms with van der Waals surface area (Å²) >= 11 is 0. The minimum Gasteiger partial charge on any atom is -0.502 e. The summed E-state index contributed by atoms with van der Waals surface area (Å²) in [5.74, 6) is -0.130. The van der Waals surface area contributed by atoms with Crippen LogP contribution in [0.4, 0.5) is 0 Å². The van der Waals surface area contributed by atoms with Crippen LogP contribution >= 0.6 is 0 Å². The van der Waals surface area contributed by atoms with E-state index in [9.17, 15) is 20.1 Å². The molecule has 0 bridgehead atoms. The molecule has 2 aromatic rings. The lowest BCUT2D eigenvalue weighted by Gasteiger charge is -2.47. The van der Waals surface area contributed by atoms with Crippen LogP contribution in [-0.2, 0) is 28.5 Å². The molecule has 7 rings (SSSR count). The second kappa shape index (κ2) is 10.3. The summed E-state index contributed by atoms with van der Waals surface area (Å²) in [5, 5.41) is 32.5. The van der Waals surface area contributed by atoms with Crippen molar-refractivity contribution < 1.29 is 62.7 Å². The molecule has 13 nitrogen and oxygen atoms in total. The largest absolute Gasteiger partial charge is 0.502 e. The molecule has 4 heterocycles.